The molecule has 8 heteroatoms. The van der Waals surface area contributed by atoms with Gasteiger partial charge in [-0.05, 0) is 39.8 Å². The van der Waals surface area contributed by atoms with E-state index in [2.05, 4.69) is 9.97 Å². The normalized spacial score (nSPS) is 19.2. The second-order valence-corrected chi connectivity index (χ2v) is 7.00. The molecule has 0 radical (unpaired) electrons. The van der Waals surface area contributed by atoms with Gasteiger partial charge in [0.05, 0.1) is 16.8 Å². The minimum Gasteiger partial charge on any atom is -0.399 e. The lowest BCUT2D eigenvalue weighted by Gasteiger charge is -2.32. The molecular weight excluding hydrogens is 332 g/mol. The van der Waals surface area contributed by atoms with Gasteiger partial charge in [0.2, 0.25) is 0 Å². The zero-order valence-electron chi connectivity index (χ0n) is 14.4. The quantitative estimate of drug-likeness (QED) is 0.778. The molecule has 1 aliphatic heterocycles. The number of rotatable bonds is 2. The van der Waals surface area contributed by atoms with Crippen LogP contribution < -0.4 is 5.46 Å². The van der Waals surface area contributed by atoms with E-state index >= 15 is 0 Å². The van der Waals surface area contributed by atoms with Crippen LogP contribution in [0, 0.1) is 0 Å². The Morgan fingerprint density at radius 2 is 1.36 bits per heavy atom. The fraction of sp³-hybridized carbons (Fsp3) is 0.412. The molecule has 0 spiro atoms. The van der Waals surface area contributed by atoms with Crippen molar-refractivity contribution in [1.82, 2.24) is 9.97 Å². The third kappa shape index (κ3) is 3.41. The summed E-state index contributed by atoms with van der Waals surface area (Å²) in [5.74, 6) is 0.342. The molecule has 1 aromatic heterocycles. The molecule has 0 aliphatic carbocycles. The maximum atomic E-state index is 12.6. The molecule has 132 valence electrons. The third-order valence-corrected chi connectivity index (χ3v) is 4.67. The van der Waals surface area contributed by atoms with Gasteiger partial charge in [0.15, 0.2) is 5.82 Å². The molecule has 0 saturated carbocycles. The van der Waals surface area contributed by atoms with Gasteiger partial charge in [-0.3, -0.25) is 0 Å². The van der Waals surface area contributed by atoms with Gasteiger partial charge in [-0.1, -0.05) is 12.1 Å². The van der Waals surface area contributed by atoms with Crippen LogP contribution in [0.4, 0.5) is 13.2 Å². The van der Waals surface area contributed by atoms with E-state index in [-0.39, 0.29) is 0 Å². The lowest BCUT2D eigenvalue weighted by molar-refractivity contribution is -0.137. The van der Waals surface area contributed by atoms with Crippen molar-refractivity contribution >= 4 is 12.6 Å². The van der Waals surface area contributed by atoms with E-state index in [0.717, 1.165) is 12.1 Å². The number of alkyl halides is 3. The summed E-state index contributed by atoms with van der Waals surface area (Å²) in [6.45, 7) is 7.80. The molecule has 1 fully saturated rings. The number of nitrogens with zero attached hydrogens (tertiary/aromatic N) is 2. The van der Waals surface area contributed by atoms with Crippen LogP contribution in [0.1, 0.15) is 33.3 Å². The summed E-state index contributed by atoms with van der Waals surface area (Å²) in [7, 11) is -0.577. The van der Waals surface area contributed by atoms with E-state index in [0.29, 0.717) is 16.9 Å². The van der Waals surface area contributed by atoms with Crippen molar-refractivity contribution in [3.05, 3.63) is 42.2 Å². The lowest BCUT2D eigenvalue weighted by Crippen LogP contribution is -2.41. The Labute approximate surface area is 144 Å². The minimum absolute atomic E-state index is 0.342. The highest BCUT2D eigenvalue weighted by Gasteiger charge is 2.51. The van der Waals surface area contributed by atoms with Crippen molar-refractivity contribution in [2.24, 2.45) is 0 Å². The Morgan fingerprint density at radius 3 is 1.80 bits per heavy atom. The van der Waals surface area contributed by atoms with E-state index in [1.807, 2.05) is 27.7 Å². The van der Waals surface area contributed by atoms with E-state index < -0.39 is 30.1 Å². The molecule has 25 heavy (non-hydrogen) atoms. The predicted octanol–water partition coefficient (Wildman–Crippen LogP) is 3.46. The number of hydrogen-bond donors (Lipinski definition) is 0. The average Bonchev–Trinajstić information content (AvgIpc) is 2.75. The van der Waals surface area contributed by atoms with Crippen LogP contribution in [0.5, 0.6) is 0 Å². The number of halogens is 3. The zero-order valence-corrected chi connectivity index (χ0v) is 14.4. The monoisotopic (exact) mass is 350 g/mol. The Bertz CT molecular complexity index is 743. The highest BCUT2D eigenvalue weighted by atomic mass is 19.4. The summed E-state index contributed by atoms with van der Waals surface area (Å²) < 4.78 is 49.7. The highest BCUT2D eigenvalue weighted by Crippen LogP contribution is 2.36. The molecular formula is C17H18BF3N2O2. The van der Waals surface area contributed by atoms with Gasteiger partial charge in [0.1, 0.15) is 0 Å². The fourth-order valence-corrected chi connectivity index (χ4v) is 2.40. The first-order valence-electron chi connectivity index (χ1n) is 7.85. The Hall–Kier alpha value is -1.93. The Morgan fingerprint density at radius 1 is 0.880 bits per heavy atom. The molecule has 4 nitrogen and oxygen atoms in total. The molecule has 1 saturated heterocycles. The number of benzene rings is 1. The summed E-state index contributed by atoms with van der Waals surface area (Å²) >= 11 is 0. The van der Waals surface area contributed by atoms with Gasteiger partial charge in [0.25, 0.3) is 0 Å². The summed E-state index contributed by atoms with van der Waals surface area (Å²) in [5.41, 5.74) is -0.471. The maximum absolute atomic E-state index is 12.6. The van der Waals surface area contributed by atoms with E-state index in [4.69, 9.17) is 9.31 Å². The van der Waals surface area contributed by atoms with Gasteiger partial charge in [-0.25, -0.2) is 9.97 Å². The minimum atomic E-state index is -4.36. The topological polar surface area (TPSA) is 44.2 Å². The molecule has 2 aromatic rings. The van der Waals surface area contributed by atoms with Crippen molar-refractivity contribution in [2.45, 2.75) is 45.1 Å². The molecule has 0 unspecified atom stereocenters. The molecule has 2 heterocycles. The molecule has 0 atom stereocenters. The van der Waals surface area contributed by atoms with Crippen molar-refractivity contribution in [3.63, 3.8) is 0 Å². The summed E-state index contributed by atoms with van der Waals surface area (Å²) in [5, 5.41) is 0. The first-order chi connectivity index (χ1) is 11.5. The summed E-state index contributed by atoms with van der Waals surface area (Å²) in [4.78, 5) is 8.46. The van der Waals surface area contributed by atoms with Gasteiger partial charge in [-0.2, -0.15) is 13.2 Å². The number of aromatic nitrogens is 2. The molecule has 0 amide bonds. The van der Waals surface area contributed by atoms with Crippen molar-refractivity contribution < 1.29 is 22.5 Å². The fourth-order valence-electron chi connectivity index (χ4n) is 2.40. The molecule has 0 bridgehead atoms. The van der Waals surface area contributed by atoms with Crippen molar-refractivity contribution in [1.29, 1.82) is 0 Å². The van der Waals surface area contributed by atoms with Gasteiger partial charge in [-0.15, -0.1) is 0 Å². The lowest BCUT2D eigenvalue weighted by atomic mass is 9.81. The maximum Gasteiger partial charge on any atom is 0.498 e. The van der Waals surface area contributed by atoms with Crippen molar-refractivity contribution in [3.8, 4) is 11.4 Å². The van der Waals surface area contributed by atoms with Gasteiger partial charge >= 0.3 is 13.3 Å². The average molecular weight is 350 g/mol. The summed E-state index contributed by atoms with van der Waals surface area (Å²) in [6, 6.07) is 4.74. The van der Waals surface area contributed by atoms with E-state index in [9.17, 15) is 13.2 Å². The van der Waals surface area contributed by atoms with Crippen LogP contribution in [-0.4, -0.2) is 28.3 Å². The highest BCUT2D eigenvalue weighted by molar-refractivity contribution is 6.61. The Kier molecular flexibility index (Phi) is 4.16. The van der Waals surface area contributed by atoms with Gasteiger partial charge in [0, 0.05) is 23.4 Å². The summed E-state index contributed by atoms with van der Waals surface area (Å²) in [6.07, 6.45) is -1.22. The smallest absolute Gasteiger partial charge is 0.399 e. The van der Waals surface area contributed by atoms with Crippen LogP contribution in [-0.2, 0) is 15.5 Å². The molecule has 1 aromatic carbocycles. The number of hydrogen-bond acceptors (Lipinski definition) is 4. The standard InChI is InChI=1S/C17H18BF3N2O2/c1-15(2)16(3,4)25-18(24-15)13-9-22-14(23-10-13)11-5-7-12(8-6-11)17(19,20)21/h5-10H,1-4H3. The van der Waals surface area contributed by atoms with Crippen LogP contribution in [0.15, 0.2) is 36.7 Å². The van der Waals surface area contributed by atoms with Crippen LogP contribution in [0.2, 0.25) is 0 Å². The molecule has 3 rings (SSSR count). The second-order valence-electron chi connectivity index (χ2n) is 7.00. The molecule has 1 aliphatic rings. The predicted molar refractivity (Wildman–Crippen MR) is 88.2 cm³/mol. The first-order valence-corrected chi connectivity index (χ1v) is 7.85. The van der Waals surface area contributed by atoms with Gasteiger partial charge < -0.3 is 9.31 Å². The SMILES string of the molecule is CC1(C)OB(c2cnc(-c3ccc(C(F)(F)F)cc3)nc2)OC1(C)C. The van der Waals surface area contributed by atoms with Crippen molar-refractivity contribution in [2.75, 3.05) is 0 Å². The zero-order chi connectivity index (χ0) is 18.5. The van der Waals surface area contributed by atoms with E-state index in [1.54, 1.807) is 12.4 Å². The van der Waals surface area contributed by atoms with Crippen LogP contribution in [0.25, 0.3) is 11.4 Å². The van der Waals surface area contributed by atoms with Crippen LogP contribution >= 0.6 is 0 Å². The largest absolute Gasteiger partial charge is 0.498 e. The Balaban J connectivity index is 1.79. The molecule has 0 N–H and O–H groups in total. The van der Waals surface area contributed by atoms with Crippen LogP contribution in [0.3, 0.4) is 0 Å². The van der Waals surface area contributed by atoms with E-state index in [1.165, 1.54) is 12.1 Å². The third-order valence-electron chi connectivity index (χ3n) is 4.67. The first kappa shape index (κ1) is 17.9. The second kappa shape index (κ2) is 5.81.